The normalized spacial score (nSPS) is 15.9. The van der Waals surface area contributed by atoms with Gasteiger partial charge in [-0.1, -0.05) is 29.8 Å². The summed E-state index contributed by atoms with van der Waals surface area (Å²) in [6.07, 6.45) is 4.12. The number of nitrogens with one attached hydrogen (secondary N) is 2. The van der Waals surface area contributed by atoms with E-state index in [-0.39, 0.29) is 18.1 Å². The fraction of sp³-hybridized carbons (Fsp3) is 0.286. The van der Waals surface area contributed by atoms with E-state index < -0.39 is 5.82 Å². The van der Waals surface area contributed by atoms with Crippen LogP contribution in [0.25, 0.3) is 10.9 Å². The molecule has 0 bridgehead atoms. The van der Waals surface area contributed by atoms with Crippen LogP contribution in [0.15, 0.2) is 48.7 Å². The van der Waals surface area contributed by atoms with Gasteiger partial charge in [-0.25, -0.2) is 4.39 Å². The number of piperidine rings is 1. The van der Waals surface area contributed by atoms with Gasteiger partial charge in [-0.05, 0) is 61.7 Å². The zero-order valence-electron chi connectivity index (χ0n) is 14.8. The first-order valence-electron chi connectivity index (χ1n) is 9.13. The molecule has 1 aliphatic heterocycles. The fourth-order valence-electron chi connectivity index (χ4n) is 3.82. The lowest BCUT2D eigenvalue weighted by Crippen LogP contribution is -2.38. The Hall–Kier alpha value is -2.37. The molecule has 1 saturated heterocycles. The molecule has 0 saturated carbocycles. The Balaban J connectivity index is 1.33. The van der Waals surface area contributed by atoms with Gasteiger partial charge in [0.1, 0.15) is 5.82 Å². The van der Waals surface area contributed by atoms with E-state index in [1.165, 1.54) is 28.6 Å². The molecule has 0 atom stereocenters. The van der Waals surface area contributed by atoms with Crippen molar-refractivity contribution >= 4 is 34.1 Å². The first-order chi connectivity index (χ1) is 13.1. The molecule has 1 fully saturated rings. The maximum atomic E-state index is 13.8. The highest BCUT2D eigenvalue weighted by Crippen LogP contribution is 2.33. The first kappa shape index (κ1) is 18.0. The summed E-state index contributed by atoms with van der Waals surface area (Å²) in [7, 11) is 0. The Kier molecular flexibility index (Phi) is 5.14. The van der Waals surface area contributed by atoms with E-state index in [9.17, 15) is 9.18 Å². The Morgan fingerprint density at radius 1 is 1.22 bits per heavy atom. The minimum absolute atomic E-state index is 0.165. The number of para-hydroxylation sites is 1. The van der Waals surface area contributed by atoms with E-state index >= 15 is 0 Å². The van der Waals surface area contributed by atoms with Crippen molar-refractivity contribution in [2.75, 3.05) is 25.0 Å². The van der Waals surface area contributed by atoms with Crippen molar-refractivity contribution in [2.45, 2.75) is 18.8 Å². The Labute approximate surface area is 162 Å². The van der Waals surface area contributed by atoms with Crippen LogP contribution in [-0.4, -0.2) is 35.4 Å². The lowest BCUT2D eigenvalue weighted by molar-refractivity contribution is -0.117. The monoisotopic (exact) mass is 385 g/mol. The van der Waals surface area contributed by atoms with Crippen molar-refractivity contribution in [2.24, 2.45) is 0 Å². The summed E-state index contributed by atoms with van der Waals surface area (Å²) in [5, 5.41) is 4.22. The lowest BCUT2D eigenvalue weighted by atomic mass is 9.89. The van der Waals surface area contributed by atoms with Crippen LogP contribution in [0.5, 0.6) is 0 Å². The summed E-state index contributed by atoms with van der Waals surface area (Å²) in [5.74, 6) is -0.232. The minimum atomic E-state index is -0.520. The Bertz CT molecular complexity index is 963. The number of hydrogen-bond acceptors (Lipinski definition) is 2. The largest absolute Gasteiger partial charge is 0.361 e. The van der Waals surface area contributed by atoms with Crippen LogP contribution in [0.1, 0.15) is 24.3 Å². The van der Waals surface area contributed by atoms with Gasteiger partial charge in [-0.2, -0.15) is 0 Å². The molecule has 1 aromatic heterocycles. The summed E-state index contributed by atoms with van der Waals surface area (Å²) in [6.45, 7) is 1.96. The number of fused-ring (bicyclic) bond motifs is 1. The van der Waals surface area contributed by atoms with Crippen molar-refractivity contribution in [1.29, 1.82) is 0 Å². The van der Waals surface area contributed by atoms with E-state index in [1.807, 2.05) is 6.07 Å². The molecule has 1 aliphatic rings. The fourth-order valence-corrected chi connectivity index (χ4v) is 3.98. The predicted molar refractivity (Wildman–Crippen MR) is 107 cm³/mol. The molecule has 4 nitrogen and oxygen atoms in total. The molecular formula is C21H21ClFN3O. The second kappa shape index (κ2) is 7.71. The molecule has 4 rings (SSSR count). The van der Waals surface area contributed by atoms with Crippen LogP contribution in [0.3, 0.4) is 0 Å². The smallest absolute Gasteiger partial charge is 0.238 e. The molecule has 2 aromatic carbocycles. The number of likely N-dealkylation sites (tertiary alicyclic amines) is 1. The molecule has 0 unspecified atom stereocenters. The average Bonchev–Trinajstić information content (AvgIpc) is 3.09. The second-order valence-corrected chi connectivity index (χ2v) is 7.45. The number of amides is 1. The zero-order valence-corrected chi connectivity index (χ0v) is 15.6. The number of aromatic amines is 1. The maximum absolute atomic E-state index is 13.8. The van der Waals surface area contributed by atoms with Gasteiger partial charge in [-0.15, -0.1) is 0 Å². The standard InChI is InChI=1S/C21H21ClFN3O/c22-15-5-6-20(18(23)11-15)25-21(27)13-26-9-7-14(8-10-26)17-12-24-19-4-2-1-3-16(17)19/h1-6,11-12,14,24H,7-10,13H2,(H,25,27). The summed E-state index contributed by atoms with van der Waals surface area (Å²) < 4.78 is 13.8. The van der Waals surface area contributed by atoms with Crippen molar-refractivity contribution in [1.82, 2.24) is 9.88 Å². The maximum Gasteiger partial charge on any atom is 0.238 e. The van der Waals surface area contributed by atoms with Crippen LogP contribution in [0, 0.1) is 5.82 Å². The number of carbonyl (C=O) groups is 1. The Morgan fingerprint density at radius 2 is 2.00 bits per heavy atom. The van der Waals surface area contributed by atoms with Crippen LogP contribution < -0.4 is 5.32 Å². The number of nitrogens with zero attached hydrogens (tertiary/aromatic N) is 1. The first-order valence-corrected chi connectivity index (χ1v) is 9.51. The summed E-state index contributed by atoms with van der Waals surface area (Å²) in [6, 6.07) is 12.6. The molecule has 6 heteroatoms. The number of halogens is 2. The topological polar surface area (TPSA) is 48.1 Å². The molecule has 2 N–H and O–H groups in total. The van der Waals surface area contributed by atoms with Crippen LogP contribution in [0.2, 0.25) is 5.02 Å². The number of carbonyl (C=O) groups excluding carboxylic acids is 1. The van der Waals surface area contributed by atoms with E-state index in [0.29, 0.717) is 10.9 Å². The van der Waals surface area contributed by atoms with Gasteiger partial charge in [-0.3, -0.25) is 9.69 Å². The van der Waals surface area contributed by atoms with Crippen molar-refractivity contribution in [3.8, 4) is 0 Å². The van der Waals surface area contributed by atoms with Crippen molar-refractivity contribution in [3.63, 3.8) is 0 Å². The van der Waals surface area contributed by atoms with Gasteiger partial charge in [0.25, 0.3) is 0 Å². The molecule has 1 amide bonds. The molecule has 27 heavy (non-hydrogen) atoms. The van der Waals surface area contributed by atoms with Crippen LogP contribution in [-0.2, 0) is 4.79 Å². The van der Waals surface area contributed by atoms with Crippen LogP contribution >= 0.6 is 11.6 Å². The van der Waals surface area contributed by atoms with Crippen LogP contribution in [0.4, 0.5) is 10.1 Å². The van der Waals surface area contributed by atoms with E-state index in [1.54, 1.807) is 6.07 Å². The summed E-state index contributed by atoms with van der Waals surface area (Å²) in [5.41, 5.74) is 2.69. The molecule has 0 aliphatic carbocycles. The number of anilines is 1. The molecule has 140 valence electrons. The number of H-pyrrole nitrogens is 1. The van der Waals surface area contributed by atoms with Gasteiger partial charge >= 0.3 is 0 Å². The number of hydrogen-bond donors (Lipinski definition) is 2. The average molecular weight is 386 g/mol. The van der Waals surface area contributed by atoms with Crippen molar-refractivity contribution < 1.29 is 9.18 Å². The highest BCUT2D eigenvalue weighted by Gasteiger charge is 2.24. The quantitative estimate of drug-likeness (QED) is 0.679. The van der Waals surface area contributed by atoms with Gasteiger partial charge in [0.2, 0.25) is 5.91 Å². The summed E-state index contributed by atoms with van der Waals surface area (Å²) >= 11 is 5.74. The molecular weight excluding hydrogens is 365 g/mol. The van der Waals surface area contributed by atoms with Gasteiger partial charge < -0.3 is 10.3 Å². The predicted octanol–water partition coefficient (Wildman–Crippen LogP) is 4.78. The molecule has 0 radical (unpaired) electrons. The van der Waals surface area contributed by atoms with Gasteiger partial charge in [0.15, 0.2) is 0 Å². The third-order valence-corrected chi connectivity index (χ3v) is 5.46. The highest BCUT2D eigenvalue weighted by atomic mass is 35.5. The van der Waals surface area contributed by atoms with E-state index in [0.717, 1.165) is 25.9 Å². The van der Waals surface area contributed by atoms with E-state index in [4.69, 9.17) is 11.6 Å². The SMILES string of the molecule is O=C(CN1CCC(c2c[nH]c3ccccc23)CC1)Nc1ccc(Cl)cc1F. The third kappa shape index (κ3) is 3.99. The Morgan fingerprint density at radius 3 is 2.78 bits per heavy atom. The minimum Gasteiger partial charge on any atom is -0.361 e. The van der Waals surface area contributed by atoms with Crippen molar-refractivity contribution in [3.05, 3.63) is 65.1 Å². The summed E-state index contributed by atoms with van der Waals surface area (Å²) in [4.78, 5) is 17.7. The highest BCUT2D eigenvalue weighted by molar-refractivity contribution is 6.30. The van der Waals surface area contributed by atoms with E-state index in [2.05, 4.69) is 39.6 Å². The second-order valence-electron chi connectivity index (χ2n) is 7.01. The number of aromatic nitrogens is 1. The molecule has 2 heterocycles. The third-order valence-electron chi connectivity index (χ3n) is 5.22. The number of benzene rings is 2. The lowest BCUT2D eigenvalue weighted by Gasteiger charge is -2.31. The zero-order chi connectivity index (χ0) is 18.8. The molecule has 0 spiro atoms. The molecule has 3 aromatic rings. The van der Waals surface area contributed by atoms with Gasteiger partial charge in [0, 0.05) is 22.1 Å². The number of rotatable bonds is 4. The van der Waals surface area contributed by atoms with Gasteiger partial charge in [0.05, 0.1) is 12.2 Å².